The molecule has 0 amide bonds. The quantitative estimate of drug-likeness (QED) is 0.0343. The van der Waals surface area contributed by atoms with Crippen molar-refractivity contribution in [2.45, 2.75) is 361 Å². The van der Waals surface area contributed by atoms with Gasteiger partial charge < -0.3 is 14.2 Å². The monoisotopic (exact) mass is 947 g/mol. The molecule has 0 aliphatic heterocycles. The summed E-state index contributed by atoms with van der Waals surface area (Å²) >= 11 is 0. The molecule has 398 valence electrons. The first-order valence-corrected chi connectivity index (χ1v) is 30.5. The number of ether oxygens (including phenoxy) is 3. The van der Waals surface area contributed by atoms with Crippen LogP contribution in [0.15, 0.2) is 0 Å². The van der Waals surface area contributed by atoms with Crippen LogP contribution < -0.4 is 0 Å². The predicted octanol–water partition coefficient (Wildman–Crippen LogP) is 20.3. The molecule has 6 nitrogen and oxygen atoms in total. The van der Waals surface area contributed by atoms with Crippen LogP contribution in [-0.2, 0) is 28.6 Å². The number of carbonyl (C=O) groups is 3. The summed E-state index contributed by atoms with van der Waals surface area (Å²) in [7, 11) is 0. The molecule has 0 bridgehead atoms. The van der Waals surface area contributed by atoms with Crippen molar-refractivity contribution in [3.05, 3.63) is 0 Å². The molecule has 0 heterocycles. The molecule has 0 radical (unpaired) electrons. The van der Waals surface area contributed by atoms with Gasteiger partial charge in [0.25, 0.3) is 0 Å². The average Bonchev–Trinajstić information content (AvgIpc) is 3.33. The third kappa shape index (κ3) is 55.2. The van der Waals surface area contributed by atoms with Crippen LogP contribution in [0, 0.1) is 0 Å². The van der Waals surface area contributed by atoms with Crippen molar-refractivity contribution in [3.63, 3.8) is 0 Å². The largest absolute Gasteiger partial charge is 0.462 e. The molecule has 0 saturated carbocycles. The van der Waals surface area contributed by atoms with Crippen molar-refractivity contribution in [2.75, 3.05) is 13.2 Å². The molecule has 0 aromatic carbocycles. The van der Waals surface area contributed by atoms with E-state index in [1.807, 2.05) is 0 Å². The molecular weight excluding hydrogens is 829 g/mol. The SMILES string of the molecule is CCCCCCCCCCCCCCCCCCCCCCCCCCCCCC(=O)OCC(COC(=O)CCCCCCCCCCC)OC(=O)CCCCCCCCCCCCCCC. The van der Waals surface area contributed by atoms with Gasteiger partial charge in [0.05, 0.1) is 0 Å². The number of carbonyl (C=O) groups excluding carboxylic acids is 3. The highest BCUT2D eigenvalue weighted by molar-refractivity contribution is 5.71. The lowest BCUT2D eigenvalue weighted by Crippen LogP contribution is -2.30. The van der Waals surface area contributed by atoms with Crippen molar-refractivity contribution in [3.8, 4) is 0 Å². The van der Waals surface area contributed by atoms with E-state index in [0.717, 1.165) is 57.8 Å². The molecule has 0 aromatic heterocycles. The van der Waals surface area contributed by atoms with Crippen molar-refractivity contribution in [2.24, 2.45) is 0 Å². The van der Waals surface area contributed by atoms with E-state index >= 15 is 0 Å². The highest BCUT2D eigenvalue weighted by Gasteiger charge is 2.19. The van der Waals surface area contributed by atoms with Crippen LogP contribution in [0.3, 0.4) is 0 Å². The van der Waals surface area contributed by atoms with E-state index in [1.165, 1.54) is 257 Å². The fourth-order valence-electron chi connectivity index (χ4n) is 9.51. The Kier molecular flexibility index (Phi) is 55.6. The van der Waals surface area contributed by atoms with Gasteiger partial charge in [-0.05, 0) is 19.3 Å². The first kappa shape index (κ1) is 65.4. The van der Waals surface area contributed by atoms with E-state index in [2.05, 4.69) is 20.8 Å². The van der Waals surface area contributed by atoms with E-state index in [4.69, 9.17) is 14.2 Å². The Hall–Kier alpha value is -1.59. The van der Waals surface area contributed by atoms with Gasteiger partial charge >= 0.3 is 17.9 Å². The fourth-order valence-corrected chi connectivity index (χ4v) is 9.51. The van der Waals surface area contributed by atoms with E-state index in [-0.39, 0.29) is 31.1 Å². The van der Waals surface area contributed by atoms with E-state index < -0.39 is 6.10 Å². The van der Waals surface area contributed by atoms with Gasteiger partial charge in [0.1, 0.15) is 13.2 Å². The Balaban J connectivity index is 4.04. The van der Waals surface area contributed by atoms with Gasteiger partial charge in [-0.15, -0.1) is 0 Å². The van der Waals surface area contributed by atoms with Crippen LogP contribution in [0.2, 0.25) is 0 Å². The van der Waals surface area contributed by atoms with E-state index in [0.29, 0.717) is 19.3 Å². The van der Waals surface area contributed by atoms with Crippen molar-refractivity contribution >= 4 is 17.9 Å². The lowest BCUT2D eigenvalue weighted by Gasteiger charge is -2.18. The highest BCUT2D eigenvalue weighted by atomic mass is 16.6. The summed E-state index contributed by atoms with van der Waals surface area (Å²) in [6, 6.07) is 0. The number of rotatable bonds is 57. The molecule has 0 spiro atoms. The Morgan fingerprint density at radius 3 is 0.597 bits per heavy atom. The molecule has 0 fully saturated rings. The van der Waals surface area contributed by atoms with Gasteiger partial charge in [-0.2, -0.15) is 0 Å². The summed E-state index contributed by atoms with van der Waals surface area (Å²) in [5.41, 5.74) is 0. The van der Waals surface area contributed by atoms with E-state index in [1.54, 1.807) is 0 Å². The first-order chi connectivity index (χ1) is 33.0. The lowest BCUT2D eigenvalue weighted by atomic mass is 10.0. The van der Waals surface area contributed by atoms with Gasteiger partial charge in [-0.3, -0.25) is 14.4 Å². The van der Waals surface area contributed by atoms with Crippen molar-refractivity contribution in [1.29, 1.82) is 0 Å². The molecular formula is C61H118O6. The van der Waals surface area contributed by atoms with Crippen LogP contribution in [-0.4, -0.2) is 37.2 Å². The minimum atomic E-state index is -0.760. The Morgan fingerprint density at radius 1 is 0.239 bits per heavy atom. The van der Waals surface area contributed by atoms with Crippen molar-refractivity contribution in [1.82, 2.24) is 0 Å². The van der Waals surface area contributed by atoms with Gasteiger partial charge in [0.2, 0.25) is 0 Å². The van der Waals surface area contributed by atoms with E-state index in [9.17, 15) is 14.4 Å². The summed E-state index contributed by atoms with van der Waals surface area (Å²) in [6.07, 6.45) is 64.1. The lowest BCUT2D eigenvalue weighted by molar-refractivity contribution is -0.167. The van der Waals surface area contributed by atoms with Gasteiger partial charge in [0, 0.05) is 19.3 Å². The highest BCUT2D eigenvalue weighted by Crippen LogP contribution is 2.18. The molecule has 0 aliphatic carbocycles. The number of hydrogen-bond donors (Lipinski definition) is 0. The first-order valence-electron chi connectivity index (χ1n) is 30.5. The Bertz CT molecular complexity index is 998. The summed E-state index contributed by atoms with van der Waals surface area (Å²) in [5, 5.41) is 0. The fraction of sp³-hybridized carbons (Fsp3) is 0.951. The topological polar surface area (TPSA) is 78.9 Å². The summed E-state index contributed by atoms with van der Waals surface area (Å²) in [4.78, 5) is 38.0. The molecule has 0 saturated heterocycles. The van der Waals surface area contributed by atoms with Crippen molar-refractivity contribution < 1.29 is 28.6 Å². The molecule has 0 N–H and O–H groups in total. The second-order valence-electron chi connectivity index (χ2n) is 21.0. The zero-order chi connectivity index (χ0) is 48.6. The maximum atomic E-state index is 12.8. The molecule has 0 aliphatic rings. The molecule has 0 rings (SSSR count). The number of hydrogen-bond acceptors (Lipinski definition) is 6. The molecule has 67 heavy (non-hydrogen) atoms. The van der Waals surface area contributed by atoms with Gasteiger partial charge in [-0.25, -0.2) is 0 Å². The summed E-state index contributed by atoms with van der Waals surface area (Å²) in [6.45, 7) is 6.68. The second kappa shape index (κ2) is 57.0. The third-order valence-corrected chi connectivity index (χ3v) is 14.1. The van der Waals surface area contributed by atoms with Crippen LogP contribution in [0.1, 0.15) is 355 Å². The average molecular weight is 948 g/mol. The molecule has 0 aromatic rings. The standard InChI is InChI=1S/C61H118O6/c1-4-7-10-13-16-19-21-23-24-25-26-27-28-29-30-31-32-33-34-35-36-38-39-42-45-48-51-54-60(63)66-57-58(56-65-59(62)53-50-47-44-41-18-15-12-9-6-3)67-61(64)55-52-49-46-43-40-37-22-20-17-14-11-8-5-2/h58H,4-57H2,1-3H3. The third-order valence-electron chi connectivity index (χ3n) is 14.1. The second-order valence-corrected chi connectivity index (χ2v) is 21.0. The number of esters is 3. The van der Waals surface area contributed by atoms with Crippen LogP contribution in [0.5, 0.6) is 0 Å². The molecule has 1 atom stereocenters. The smallest absolute Gasteiger partial charge is 0.306 e. The minimum Gasteiger partial charge on any atom is -0.462 e. The van der Waals surface area contributed by atoms with Crippen LogP contribution in [0.25, 0.3) is 0 Å². The van der Waals surface area contributed by atoms with Gasteiger partial charge in [-0.1, -0.05) is 316 Å². The maximum absolute atomic E-state index is 12.8. The minimum absolute atomic E-state index is 0.0615. The zero-order valence-corrected chi connectivity index (χ0v) is 45.7. The summed E-state index contributed by atoms with van der Waals surface area (Å²) < 4.78 is 16.8. The van der Waals surface area contributed by atoms with Crippen LogP contribution >= 0.6 is 0 Å². The molecule has 1 unspecified atom stereocenters. The Labute approximate surface area is 418 Å². The summed E-state index contributed by atoms with van der Waals surface area (Å²) in [5.74, 6) is -0.838. The van der Waals surface area contributed by atoms with Gasteiger partial charge in [0.15, 0.2) is 6.10 Å². The van der Waals surface area contributed by atoms with Crippen LogP contribution in [0.4, 0.5) is 0 Å². The maximum Gasteiger partial charge on any atom is 0.306 e. The number of unbranched alkanes of at least 4 members (excludes halogenated alkanes) is 46. The normalized spacial score (nSPS) is 11.9. The predicted molar refractivity (Wildman–Crippen MR) is 289 cm³/mol. The zero-order valence-electron chi connectivity index (χ0n) is 45.7. The Morgan fingerprint density at radius 2 is 0.403 bits per heavy atom. The molecule has 6 heteroatoms.